The third-order valence-electron chi connectivity index (χ3n) is 1.33. The molecule has 8 N–H and O–H groups in total. The molecule has 4 nitrogen and oxygen atoms in total. The average Bonchev–Trinajstić information content (AvgIpc) is 1.59. The molecule has 0 heterocycles. The molecule has 62 valence electrons. The molecule has 0 amide bonds. The monoisotopic (exact) mass is 146 g/mol. The van der Waals surface area contributed by atoms with E-state index < -0.39 is 11.8 Å². The molecule has 0 fully saturated rings. The van der Waals surface area contributed by atoms with Crippen LogP contribution in [0.4, 0.5) is 0 Å². The summed E-state index contributed by atoms with van der Waals surface area (Å²) in [7, 11) is 0. The van der Waals surface area contributed by atoms with Crippen molar-refractivity contribution in [1.82, 2.24) is 0 Å². The van der Waals surface area contributed by atoms with Crippen molar-refractivity contribution in [2.45, 2.75) is 38.0 Å². The molecule has 4 heteroatoms. The van der Waals surface area contributed by atoms with Gasteiger partial charge in [0.2, 0.25) is 0 Å². The summed E-state index contributed by atoms with van der Waals surface area (Å²) in [4.78, 5) is 0. The Morgan fingerprint density at radius 3 is 2.10 bits per heavy atom. The van der Waals surface area contributed by atoms with Gasteiger partial charge in [0.1, 0.15) is 0 Å². The molecule has 0 bridgehead atoms. The molecule has 0 aromatic carbocycles. The number of nitrogens with two attached hydrogens (primary N) is 4. The van der Waals surface area contributed by atoms with Crippen LogP contribution < -0.4 is 22.9 Å². The SMILES string of the molecule is CCCC(N)(N)CC(N)N. The Bertz CT molecular complexity index is 89.7. The molecule has 0 saturated carbocycles. The maximum absolute atomic E-state index is 5.65. The quantitative estimate of drug-likeness (QED) is 0.383. The standard InChI is InChI=1S/C6H18N4/c1-2-3-6(9,10)4-5(7)8/h5H,2-4,7-10H2,1H3. The summed E-state index contributed by atoms with van der Waals surface area (Å²) in [6.07, 6.45) is 1.79. The molecule has 10 heavy (non-hydrogen) atoms. The Labute approximate surface area is 61.9 Å². The number of hydrogen-bond acceptors (Lipinski definition) is 4. The first-order valence-corrected chi connectivity index (χ1v) is 3.57. The van der Waals surface area contributed by atoms with Crippen LogP contribution in [0.25, 0.3) is 0 Å². The first-order valence-electron chi connectivity index (χ1n) is 3.57. The van der Waals surface area contributed by atoms with Gasteiger partial charge in [-0.1, -0.05) is 13.3 Å². The molecular weight excluding hydrogens is 128 g/mol. The topological polar surface area (TPSA) is 104 Å². The Balaban J connectivity index is 3.63. The van der Waals surface area contributed by atoms with Crippen LogP contribution in [0.5, 0.6) is 0 Å². The van der Waals surface area contributed by atoms with Crippen LogP contribution in [-0.4, -0.2) is 11.8 Å². The molecule has 0 aromatic heterocycles. The lowest BCUT2D eigenvalue weighted by Gasteiger charge is -2.25. The lowest BCUT2D eigenvalue weighted by molar-refractivity contribution is 0.346. The predicted molar refractivity (Wildman–Crippen MR) is 42.8 cm³/mol. The highest BCUT2D eigenvalue weighted by Gasteiger charge is 2.19. The normalized spacial score (nSPS) is 12.6. The third kappa shape index (κ3) is 4.69. The molecule has 0 aromatic rings. The molecule has 0 aliphatic carbocycles. The summed E-state index contributed by atoms with van der Waals surface area (Å²) >= 11 is 0. The Hall–Kier alpha value is -0.160. The van der Waals surface area contributed by atoms with E-state index in [0.29, 0.717) is 6.42 Å². The van der Waals surface area contributed by atoms with Crippen LogP contribution in [0.2, 0.25) is 0 Å². The van der Waals surface area contributed by atoms with E-state index in [9.17, 15) is 0 Å². The second-order valence-electron chi connectivity index (χ2n) is 2.85. The van der Waals surface area contributed by atoms with Gasteiger partial charge in [0.25, 0.3) is 0 Å². The van der Waals surface area contributed by atoms with Crippen LogP contribution in [0, 0.1) is 0 Å². The van der Waals surface area contributed by atoms with Crippen molar-refractivity contribution in [2.75, 3.05) is 0 Å². The van der Waals surface area contributed by atoms with Crippen LogP contribution in [0.1, 0.15) is 26.2 Å². The Morgan fingerprint density at radius 2 is 1.80 bits per heavy atom. The van der Waals surface area contributed by atoms with Crippen molar-refractivity contribution < 1.29 is 0 Å². The summed E-state index contributed by atoms with van der Waals surface area (Å²) in [5, 5.41) is 0. The lowest BCUT2D eigenvalue weighted by Crippen LogP contribution is -2.54. The molecule has 0 rings (SSSR count). The van der Waals surface area contributed by atoms with Gasteiger partial charge in [0.15, 0.2) is 0 Å². The fourth-order valence-electron chi connectivity index (χ4n) is 1.01. The van der Waals surface area contributed by atoms with E-state index in [4.69, 9.17) is 22.9 Å². The zero-order valence-corrected chi connectivity index (χ0v) is 6.51. The number of hydrogen-bond donors (Lipinski definition) is 4. The summed E-state index contributed by atoms with van der Waals surface area (Å²) in [6.45, 7) is 2.02. The van der Waals surface area contributed by atoms with E-state index in [1.165, 1.54) is 0 Å². The molecule has 0 unspecified atom stereocenters. The number of rotatable bonds is 4. The minimum atomic E-state index is -0.678. The molecule has 0 aliphatic heterocycles. The minimum Gasteiger partial charge on any atom is -0.316 e. The summed E-state index contributed by atoms with van der Waals surface area (Å²) in [5.74, 6) is 0. The van der Waals surface area contributed by atoms with Gasteiger partial charge in [-0.05, 0) is 6.42 Å². The molecule has 0 saturated heterocycles. The maximum Gasteiger partial charge on any atom is 0.0664 e. The highest BCUT2D eigenvalue weighted by atomic mass is 15.0. The van der Waals surface area contributed by atoms with Gasteiger partial charge in [0, 0.05) is 6.42 Å². The highest BCUT2D eigenvalue weighted by molar-refractivity contribution is 4.78. The third-order valence-corrected chi connectivity index (χ3v) is 1.33. The first kappa shape index (κ1) is 9.84. The van der Waals surface area contributed by atoms with Gasteiger partial charge < -0.3 is 22.9 Å². The largest absolute Gasteiger partial charge is 0.316 e. The van der Waals surface area contributed by atoms with Crippen molar-refractivity contribution in [1.29, 1.82) is 0 Å². The Morgan fingerprint density at radius 1 is 1.30 bits per heavy atom. The molecule has 0 spiro atoms. The average molecular weight is 146 g/mol. The van der Waals surface area contributed by atoms with Gasteiger partial charge in [0.05, 0.1) is 11.8 Å². The highest BCUT2D eigenvalue weighted by Crippen LogP contribution is 2.06. The fourth-order valence-corrected chi connectivity index (χ4v) is 1.01. The molecule has 0 aliphatic rings. The van der Waals surface area contributed by atoms with Gasteiger partial charge >= 0.3 is 0 Å². The Kier molecular flexibility index (Phi) is 3.81. The molecular formula is C6H18N4. The van der Waals surface area contributed by atoms with Gasteiger partial charge in [-0.3, -0.25) is 0 Å². The van der Waals surface area contributed by atoms with Crippen molar-refractivity contribution in [3.8, 4) is 0 Å². The van der Waals surface area contributed by atoms with Crippen molar-refractivity contribution in [3.05, 3.63) is 0 Å². The van der Waals surface area contributed by atoms with Crippen molar-refractivity contribution >= 4 is 0 Å². The minimum absolute atomic E-state index is 0.401. The van der Waals surface area contributed by atoms with E-state index >= 15 is 0 Å². The smallest absolute Gasteiger partial charge is 0.0664 e. The van der Waals surface area contributed by atoms with E-state index in [1.807, 2.05) is 6.92 Å². The van der Waals surface area contributed by atoms with Gasteiger partial charge in [-0.2, -0.15) is 0 Å². The zero-order chi connectivity index (χ0) is 8.20. The van der Waals surface area contributed by atoms with Crippen molar-refractivity contribution in [2.24, 2.45) is 22.9 Å². The molecule has 0 radical (unpaired) electrons. The van der Waals surface area contributed by atoms with Gasteiger partial charge in [-0.25, -0.2) is 0 Å². The van der Waals surface area contributed by atoms with Crippen molar-refractivity contribution in [3.63, 3.8) is 0 Å². The lowest BCUT2D eigenvalue weighted by atomic mass is 10.0. The first-order chi connectivity index (χ1) is 4.48. The van der Waals surface area contributed by atoms with E-state index in [-0.39, 0.29) is 0 Å². The summed E-state index contributed by atoms with van der Waals surface area (Å²) in [5.41, 5.74) is 21.3. The van der Waals surface area contributed by atoms with Crippen LogP contribution >= 0.6 is 0 Å². The summed E-state index contributed by atoms with van der Waals surface area (Å²) in [6, 6.07) is 0. The second kappa shape index (κ2) is 3.88. The zero-order valence-electron chi connectivity index (χ0n) is 6.51. The van der Waals surface area contributed by atoms with Crippen LogP contribution in [0.15, 0.2) is 0 Å². The van der Waals surface area contributed by atoms with Crippen LogP contribution in [-0.2, 0) is 0 Å². The summed E-state index contributed by atoms with van der Waals surface area (Å²) < 4.78 is 0. The fraction of sp³-hybridized carbons (Fsp3) is 1.00. The van der Waals surface area contributed by atoms with Crippen LogP contribution in [0.3, 0.4) is 0 Å². The predicted octanol–water partition coefficient (Wildman–Crippen LogP) is -0.966. The molecule has 0 atom stereocenters. The second-order valence-corrected chi connectivity index (χ2v) is 2.85. The maximum atomic E-state index is 5.65. The van der Waals surface area contributed by atoms with E-state index in [2.05, 4.69) is 0 Å². The van der Waals surface area contributed by atoms with E-state index in [1.54, 1.807) is 0 Å². The van der Waals surface area contributed by atoms with E-state index in [0.717, 1.165) is 12.8 Å². The van der Waals surface area contributed by atoms with Gasteiger partial charge in [-0.15, -0.1) is 0 Å².